The Hall–Kier alpha value is -2.58. The molecule has 26 heavy (non-hydrogen) atoms. The molecule has 1 aromatic heterocycles. The molecular formula is C18H18N4O2S2. The van der Waals surface area contributed by atoms with Gasteiger partial charge in [-0.1, -0.05) is 47.4 Å². The van der Waals surface area contributed by atoms with Crippen LogP contribution in [0.2, 0.25) is 0 Å². The average Bonchev–Trinajstić information content (AvgIpc) is 3.09. The third kappa shape index (κ3) is 4.96. The Morgan fingerprint density at radius 1 is 1.12 bits per heavy atom. The normalized spacial score (nSPS) is 11.6. The van der Waals surface area contributed by atoms with Crippen molar-refractivity contribution < 1.29 is 9.53 Å². The molecule has 3 rings (SSSR count). The second-order valence-corrected chi connectivity index (χ2v) is 7.91. The van der Waals surface area contributed by atoms with Crippen LogP contribution in [0.3, 0.4) is 0 Å². The van der Waals surface area contributed by atoms with Crippen molar-refractivity contribution in [2.24, 2.45) is 0 Å². The van der Waals surface area contributed by atoms with E-state index in [0.717, 1.165) is 10.0 Å². The fraction of sp³-hybridized carbons (Fsp3) is 0.167. The number of amides is 1. The molecule has 0 spiro atoms. The molecule has 6 nitrogen and oxygen atoms in total. The zero-order valence-corrected chi connectivity index (χ0v) is 15.9. The number of anilines is 3. The van der Waals surface area contributed by atoms with E-state index >= 15 is 0 Å². The Morgan fingerprint density at radius 2 is 1.88 bits per heavy atom. The summed E-state index contributed by atoms with van der Waals surface area (Å²) < 4.78 is 5.90. The van der Waals surface area contributed by atoms with E-state index in [-0.39, 0.29) is 11.2 Å². The van der Waals surface area contributed by atoms with Crippen molar-refractivity contribution in [3.63, 3.8) is 0 Å². The number of nitrogens with zero attached hydrogens (tertiary/aromatic N) is 2. The number of para-hydroxylation sites is 1. The Kier molecular flexibility index (Phi) is 6.08. The quantitative estimate of drug-likeness (QED) is 0.586. The maximum Gasteiger partial charge on any atom is 0.237 e. The van der Waals surface area contributed by atoms with Crippen molar-refractivity contribution in [2.45, 2.75) is 16.5 Å². The Balaban J connectivity index is 1.57. The molecule has 0 unspecified atom stereocenters. The van der Waals surface area contributed by atoms with Gasteiger partial charge in [0.15, 0.2) is 4.34 Å². The van der Waals surface area contributed by atoms with E-state index in [1.54, 1.807) is 13.2 Å². The molecule has 0 aliphatic rings. The summed E-state index contributed by atoms with van der Waals surface area (Å²) in [6.07, 6.45) is 0. The minimum Gasteiger partial charge on any atom is -0.497 e. The van der Waals surface area contributed by atoms with Gasteiger partial charge in [0.05, 0.1) is 12.4 Å². The van der Waals surface area contributed by atoms with E-state index in [4.69, 9.17) is 4.74 Å². The molecule has 2 aromatic carbocycles. The maximum atomic E-state index is 12.4. The van der Waals surface area contributed by atoms with Gasteiger partial charge in [-0.25, -0.2) is 0 Å². The summed E-state index contributed by atoms with van der Waals surface area (Å²) in [5.41, 5.74) is 1.65. The maximum absolute atomic E-state index is 12.4. The first kappa shape index (κ1) is 18.2. The molecule has 0 radical (unpaired) electrons. The van der Waals surface area contributed by atoms with Gasteiger partial charge in [0.25, 0.3) is 0 Å². The van der Waals surface area contributed by atoms with Gasteiger partial charge in [-0.15, -0.1) is 10.2 Å². The molecule has 0 aliphatic carbocycles. The third-order valence-corrected chi connectivity index (χ3v) is 5.44. The third-order valence-electron chi connectivity index (χ3n) is 3.42. The van der Waals surface area contributed by atoms with Gasteiger partial charge in [0, 0.05) is 17.4 Å². The smallest absolute Gasteiger partial charge is 0.237 e. The molecule has 0 aliphatic heterocycles. The lowest BCUT2D eigenvalue weighted by atomic mass is 10.3. The second kappa shape index (κ2) is 8.68. The molecule has 1 atom stereocenters. The molecule has 0 fully saturated rings. The van der Waals surface area contributed by atoms with Crippen molar-refractivity contribution in [3.8, 4) is 5.75 Å². The van der Waals surface area contributed by atoms with Crippen molar-refractivity contribution in [1.29, 1.82) is 0 Å². The van der Waals surface area contributed by atoms with E-state index in [1.807, 2.05) is 55.5 Å². The highest BCUT2D eigenvalue weighted by Crippen LogP contribution is 2.31. The van der Waals surface area contributed by atoms with Crippen LogP contribution in [0, 0.1) is 0 Å². The molecule has 0 bridgehead atoms. The molecule has 1 heterocycles. The Labute approximate surface area is 160 Å². The largest absolute Gasteiger partial charge is 0.497 e. The summed E-state index contributed by atoms with van der Waals surface area (Å²) in [6.45, 7) is 1.84. The summed E-state index contributed by atoms with van der Waals surface area (Å²) in [5.74, 6) is 0.597. The van der Waals surface area contributed by atoms with Gasteiger partial charge in [0.1, 0.15) is 5.75 Å². The summed E-state index contributed by atoms with van der Waals surface area (Å²) >= 11 is 2.79. The van der Waals surface area contributed by atoms with Crippen LogP contribution in [0.25, 0.3) is 0 Å². The van der Waals surface area contributed by atoms with Gasteiger partial charge >= 0.3 is 0 Å². The van der Waals surface area contributed by atoms with Crippen LogP contribution in [0.1, 0.15) is 6.92 Å². The van der Waals surface area contributed by atoms with E-state index in [1.165, 1.54) is 23.1 Å². The van der Waals surface area contributed by atoms with Gasteiger partial charge in [-0.2, -0.15) is 0 Å². The number of thioether (sulfide) groups is 1. The topological polar surface area (TPSA) is 76.1 Å². The fourth-order valence-corrected chi connectivity index (χ4v) is 4.02. The number of rotatable bonds is 7. The molecule has 0 saturated heterocycles. The van der Waals surface area contributed by atoms with E-state index in [9.17, 15) is 4.79 Å². The standard InChI is InChI=1S/C18H18N4O2S2/c1-12(16(23)19-14-9-6-10-15(11-14)24-2)25-18-22-21-17(26-18)20-13-7-4-3-5-8-13/h3-12H,1-2H3,(H,19,23)(H,20,21)/t12-/m1/s1. The zero-order chi connectivity index (χ0) is 18.4. The summed E-state index contributed by atoms with van der Waals surface area (Å²) in [5, 5.41) is 14.7. The van der Waals surface area contributed by atoms with E-state index < -0.39 is 0 Å². The molecule has 1 amide bonds. The molecule has 3 aromatic rings. The van der Waals surface area contributed by atoms with Crippen LogP contribution in [-0.4, -0.2) is 28.5 Å². The lowest BCUT2D eigenvalue weighted by Crippen LogP contribution is -2.22. The van der Waals surface area contributed by atoms with Gasteiger partial charge in [-0.05, 0) is 31.2 Å². The van der Waals surface area contributed by atoms with Crippen molar-refractivity contribution in [3.05, 3.63) is 54.6 Å². The monoisotopic (exact) mass is 386 g/mol. The first-order valence-electron chi connectivity index (χ1n) is 7.91. The highest BCUT2D eigenvalue weighted by atomic mass is 32.2. The Morgan fingerprint density at radius 3 is 2.65 bits per heavy atom. The number of nitrogens with one attached hydrogen (secondary N) is 2. The van der Waals surface area contributed by atoms with E-state index in [2.05, 4.69) is 20.8 Å². The van der Waals surface area contributed by atoms with Crippen LogP contribution < -0.4 is 15.4 Å². The Bertz CT molecular complexity index is 870. The van der Waals surface area contributed by atoms with Gasteiger partial charge in [-0.3, -0.25) is 4.79 Å². The molecule has 0 saturated carbocycles. The van der Waals surface area contributed by atoms with Crippen LogP contribution in [0.4, 0.5) is 16.5 Å². The zero-order valence-electron chi connectivity index (χ0n) is 14.3. The summed E-state index contributed by atoms with van der Waals surface area (Å²) in [4.78, 5) is 12.4. The number of carbonyl (C=O) groups is 1. The van der Waals surface area contributed by atoms with Crippen molar-refractivity contribution in [1.82, 2.24) is 10.2 Å². The minimum atomic E-state index is -0.307. The van der Waals surface area contributed by atoms with Gasteiger partial charge in [0.2, 0.25) is 11.0 Å². The predicted molar refractivity (Wildman–Crippen MR) is 107 cm³/mol. The number of hydrogen-bond acceptors (Lipinski definition) is 7. The highest BCUT2D eigenvalue weighted by molar-refractivity contribution is 8.02. The first-order valence-corrected chi connectivity index (χ1v) is 9.61. The first-order chi connectivity index (χ1) is 12.6. The second-order valence-electron chi connectivity index (χ2n) is 5.35. The van der Waals surface area contributed by atoms with Gasteiger partial charge < -0.3 is 15.4 Å². The van der Waals surface area contributed by atoms with Crippen LogP contribution >= 0.6 is 23.1 Å². The minimum absolute atomic E-state index is 0.101. The number of carbonyl (C=O) groups excluding carboxylic acids is 1. The average molecular weight is 387 g/mol. The molecular weight excluding hydrogens is 368 g/mol. The van der Waals surface area contributed by atoms with Crippen LogP contribution in [-0.2, 0) is 4.79 Å². The number of ether oxygens (including phenoxy) is 1. The lowest BCUT2D eigenvalue weighted by molar-refractivity contribution is -0.115. The molecule has 2 N–H and O–H groups in total. The van der Waals surface area contributed by atoms with Crippen molar-refractivity contribution >= 4 is 45.5 Å². The van der Waals surface area contributed by atoms with Crippen LogP contribution in [0.15, 0.2) is 58.9 Å². The lowest BCUT2D eigenvalue weighted by Gasteiger charge is -2.11. The molecule has 8 heteroatoms. The summed E-state index contributed by atoms with van der Waals surface area (Å²) in [6, 6.07) is 17.0. The van der Waals surface area contributed by atoms with E-state index in [0.29, 0.717) is 16.6 Å². The number of methoxy groups -OCH3 is 1. The number of benzene rings is 2. The van der Waals surface area contributed by atoms with Crippen molar-refractivity contribution in [2.75, 3.05) is 17.7 Å². The highest BCUT2D eigenvalue weighted by Gasteiger charge is 2.17. The summed E-state index contributed by atoms with van der Waals surface area (Å²) in [7, 11) is 1.59. The number of hydrogen-bond donors (Lipinski definition) is 2. The fourth-order valence-electron chi connectivity index (χ4n) is 2.10. The number of aromatic nitrogens is 2. The predicted octanol–water partition coefficient (Wildman–Crippen LogP) is 4.41. The SMILES string of the molecule is COc1cccc(NC(=O)[C@@H](C)Sc2nnc(Nc3ccccc3)s2)c1. The van der Waals surface area contributed by atoms with Crippen LogP contribution in [0.5, 0.6) is 5.75 Å². The molecule has 134 valence electrons.